The second-order valence-electron chi connectivity index (χ2n) is 7.49. The molecule has 6 nitrogen and oxygen atoms in total. The maximum absolute atomic E-state index is 14.1. The number of piperidine rings is 1. The standard InChI is InChI=1S/C20H24FN5O/c1-24(2)16-5-3-4-15(10-16)20(27)26-9-7-14-6-8-25(12-18(14)26)19-17(21)11-22-13-23-19/h3-5,10-11,13-14,18H,6-9,12H2,1-2H3. The van der Waals surface area contributed by atoms with Crippen molar-refractivity contribution in [1.82, 2.24) is 14.9 Å². The van der Waals surface area contributed by atoms with E-state index in [1.807, 2.05) is 53.1 Å². The Kier molecular flexibility index (Phi) is 4.68. The second-order valence-corrected chi connectivity index (χ2v) is 7.49. The lowest BCUT2D eigenvalue weighted by Gasteiger charge is -2.39. The summed E-state index contributed by atoms with van der Waals surface area (Å²) in [5.41, 5.74) is 1.71. The molecule has 2 aliphatic heterocycles. The summed E-state index contributed by atoms with van der Waals surface area (Å²) in [5, 5.41) is 0. The number of nitrogens with zero attached hydrogens (tertiary/aromatic N) is 5. The minimum atomic E-state index is -0.412. The third-order valence-electron chi connectivity index (χ3n) is 5.68. The van der Waals surface area contributed by atoms with Gasteiger partial charge in [0.25, 0.3) is 5.91 Å². The van der Waals surface area contributed by atoms with Gasteiger partial charge >= 0.3 is 0 Å². The van der Waals surface area contributed by atoms with Crippen LogP contribution in [-0.2, 0) is 0 Å². The molecule has 0 N–H and O–H groups in total. The van der Waals surface area contributed by atoms with Crippen LogP contribution in [0.5, 0.6) is 0 Å². The van der Waals surface area contributed by atoms with E-state index in [0.29, 0.717) is 23.8 Å². The third kappa shape index (κ3) is 3.34. The fourth-order valence-corrected chi connectivity index (χ4v) is 4.21. The van der Waals surface area contributed by atoms with Gasteiger partial charge in [0.1, 0.15) is 6.33 Å². The van der Waals surface area contributed by atoms with E-state index in [2.05, 4.69) is 9.97 Å². The highest BCUT2D eigenvalue weighted by Crippen LogP contribution is 2.34. The van der Waals surface area contributed by atoms with Crippen LogP contribution in [0.1, 0.15) is 23.2 Å². The van der Waals surface area contributed by atoms with E-state index >= 15 is 0 Å². The van der Waals surface area contributed by atoms with E-state index in [1.54, 1.807) is 0 Å². The first-order valence-corrected chi connectivity index (χ1v) is 9.33. The van der Waals surface area contributed by atoms with E-state index < -0.39 is 5.82 Å². The molecule has 0 aliphatic carbocycles. The number of rotatable bonds is 3. The molecule has 2 aliphatic rings. The van der Waals surface area contributed by atoms with Crippen LogP contribution in [0.15, 0.2) is 36.8 Å². The molecule has 3 heterocycles. The Balaban J connectivity index is 1.55. The molecule has 0 bridgehead atoms. The molecule has 1 amide bonds. The monoisotopic (exact) mass is 369 g/mol. The lowest BCUT2D eigenvalue weighted by Crippen LogP contribution is -2.50. The largest absolute Gasteiger partial charge is 0.378 e. The Morgan fingerprint density at radius 3 is 2.85 bits per heavy atom. The minimum absolute atomic E-state index is 0.0520. The normalized spacial score (nSPS) is 21.9. The molecule has 27 heavy (non-hydrogen) atoms. The van der Waals surface area contributed by atoms with Gasteiger partial charge in [-0.15, -0.1) is 0 Å². The van der Waals surface area contributed by atoms with Gasteiger partial charge in [0.05, 0.1) is 12.2 Å². The quantitative estimate of drug-likeness (QED) is 0.832. The zero-order chi connectivity index (χ0) is 19.0. The maximum atomic E-state index is 14.1. The number of benzene rings is 1. The zero-order valence-corrected chi connectivity index (χ0v) is 15.7. The minimum Gasteiger partial charge on any atom is -0.378 e. The van der Waals surface area contributed by atoms with Crippen LogP contribution in [0.2, 0.25) is 0 Å². The lowest BCUT2D eigenvalue weighted by molar-refractivity contribution is 0.0712. The molecule has 0 radical (unpaired) electrons. The number of fused-ring (bicyclic) bond motifs is 1. The van der Waals surface area contributed by atoms with E-state index in [9.17, 15) is 9.18 Å². The first kappa shape index (κ1) is 17.7. The van der Waals surface area contributed by atoms with Crippen molar-refractivity contribution in [3.8, 4) is 0 Å². The number of amides is 1. The molecule has 1 aromatic heterocycles. The smallest absolute Gasteiger partial charge is 0.254 e. The van der Waals surface area contributed by atoms with Crippen molar-refractivity contribution in [3.05, 3.63) is 48.2 Å². The molecule has 2 saturated heterocycles. The van der Waals surface area contributed by atoms with Crippen molar-refractivity contribution in [1.29, 1.82) is 0 Å². The fourth-order valence-electron chi connectivity index (χ4n) is 4.21. The highest BCUT2D eigenvalue weighted by Gasteiger charge is 2.41. The molecule has 2 aromatic rings. The van der Waals surface area contributed by atoms with Crippen LogP contribution < -0.4 is 9.80 Å². The number of aromatic nitrogens is 2. The number of halogens is 1. The van der Waals surface area contributed by atoms with Crippen LogP contribution >= 0.6 is 0 Å². The summed E-state index contributed by atoms with van der Waals surface area (Å²) in [5.74, 6) is 0.436. The lowest BCUT2D eigenvalue weighted by atomic mass is 9.92. The number of carbonyl (C=O) groups is 1. The van der Waals surface area contributed by atoms with Gasteiger partial charge in [0, 0.05) is 45.0 Å². The van der Waals surface area contributed by atoms with Crippen LogP contribution in [0.4, 0.5) is 15.9 Å². The topological polar surface area (TPSA) is 52.6 Å². The highest BCUT2D eigenvalue weighted by atomic mass is 19.1. The van der Waals surface area contributed by atoms with Crippen LogP contribution in [0.25, 0.3) is 0 Å². The summed E-state index contributed by atoms with van der Waals surface area (Å²) < 4.78 is 14.1. The van der Waals surface area contributed by atoms with Gasteiger partial charge in [-0.25, -0.2) is 14.4 Å². The van der Waals surface area contributed by atoms with Gasteiger partial charge in [-0.3, -0.25) is 4.79 Å². The number of hydrogen-bond acceptors (Lipinski definition) is 5. The van der Waals surface area contributed by atoms with E-state index in [0.717, 1.165) is 31.6 Å². The summed E-state index contributed by atoms with van der Waals surface area (Å²) in [7, 11) is 3.93. The molecule has 142 valence electrons. The summed E-state index contributed by atoms with van der Waals surface area (Å²) >= 11 is 0. The number of likely N-dealkylation sites (tertiary alicyclic amines) is 1. The Morgan fingerprint density at radius 1 is 1.26 bits per heavy atom. The van der Waals surface area contributed by atoms with Gasteiger partial charge in [0.2, 0.25) is 0 Å². The molecule has 0 saturated carbocycles. The van der Waals surface area contributed by atoms with Crippen molar-refractivity contribution in [2.45, 2.75) is 18.9 Å². The number of hydrogen-bond donors (Lipinski definition) is 0. The average Bonchev–Trinajstić information content (AvgIpc) is 3.11. The van der Waals surface area contributed by atoms with Crippen molar-refractivity contribution in [3.63, 3.8) is 0 Å². The molecular weight excluding hydrogens is 345 g/mol. The van der Waals surface area contributed by atoms with Crippen LogP contribution in [0.3, 0.4) is 0 Å². The van der Waals surface area contributed by atoms with Gasteiger partial charge in [-0.05, 0) is 37.0 Å². The molecule has 1 aromatic carbocycles. The maximum Gasteiger partial charge on any atom is 0.254 e. The van der Waals surface area contributed by atoms with E-state index in [4.69, 9.17) is 0 Å². The second kappa shape index (κ2) is 7.13. The van der Waals surface area contributed by atoms with Crippen molar-refractivity contribution in [2.24, 2.45) is 5.92 Å². The third-order valence-corrected chi connectivity index (χ3v) is 5.68. The molecule has 4 rings (SSSR count). The molecule has 0 spiro atoms. The fraction of sp³-hybridized carbons (Fsp3) is 0.450. The first-order valence-electron chi connectivity index (χ1n) is 9.33. The van der Waals surface area contributed by atoms with Crippen molar-refractivity contribution < 1.29 is 9.18 Å². The Labute approximate surface area is 158 Å². The molecule has 2 unspecified atom stereocenters. The average molecular weight is 369 g/mol. The van der Waals surface area contributed by atoms with Gasteiger partial charge < -0.3 is 14.7 Å². The van der Waals surface area contributed by atoms with Crippen LogP contribution in [0, 0.1) is 11.7 Å². The summed E-state index contributed by atoms with van der Waals surface area (Å²) in [4.78, 5) is 26.9. The van der Waals surface area contributed by atoms with Crippen molar-refractivity contribution >= 4 is 17.4 Å². The molecule has 7 heteroatoms. The van der Waals surface area contributed by atoms with Gasteiger partial charge in [-0.2, -0.15) is 0 Å². The highest BCUT2D eigenvalue weighted by molar-refractivity contribution is 5.95. The Morgan fingerprint density at radius 2 is 2.07 bits per heavy atom. The van der Waals surface area contributed by atoms with E-state index in [1.165, 1.54) is 12.5 Å². The SMILES string of the molecule is CN(C)c1cccc(C(=O)N2CCC3CCN(c4ncncc4F)CC32)c1. The van der Waals surface area contributed by atoms with Gasteiger partial charge in [-0.1, -0.05) is 6.07 Å². The zero-order valence-electron chi connectivity index (χ0n) is 15.7. The van der Waals surface area contributed by atoms with Gasteiger partial charge in [0.15, 0.2) is 11.6 Å². The Hall–Kier alpha value is -2.70. The molecule has 2 atom stereocenters. The predicted molar refractivity (Wildman–Crippen MR) is 103 cm³/mol. The molecular formula is C20H24FN5O. The number of carbonyl (C=O) groups excluding carboxylic acids is 1. The molecule has 2 fully saturated rings. The first-order chi connectivity index (χ1) is 13.0. The Bertz CT molecular complexity index is 843. The summed E-state index contributed by atoms with van der Waals surface area (Å²) in [6.45, 7) is 2.12. The van der Waals surface area contributed by atoms with Crippen LogP contribution in [-0.4, -0.2) is 60.5 Å². The summed E-state index contributed by atoms with van der Waals surface area (Å²) in [6, 6.07) is 7.79. The van der Waals surface area contributed by atoms with Crippen molar-refractivity contribution in [2.75, 3.05) is 43.5 Å². The van der Waals surface area contributed by atoms with E-state index in [-0.39, 0.29) is 11.9 Å². The summed E-state index contributed by atoms with van der Waals surface area (Å²) in [6.07, 6.45) is 4.51. The predicted octanol–water partition coefficient (Wildman–Crippen LogP) is 2.42. The number of anilines is 2.